The Bertz CT molecular complexity index is 1470. The number of carbonyl (C=O) groups excluding carboxylic acids is 5. The number of rotatable bonds is 11. The predicted octanol–water partition coefficient (Wildman–Crippen LogP) is 4.10. The van der Waals surface area contributed by atoms with E-state index in [1.807, 2.05) is 6.07 Å². The minimum atomic E-state index is -1.31. The molecule has 0 N–H and O–H groups in total. The lowest BCUT2D eigenvalue weighted by atomic mass is 9.89. The Labute approximate surface area is 271 Å². The number of ether oxygens (including phenoxy) is 7. The van der Waals surface area contributed by atoms with Crippen LogP contribution in [0.2, 0.25) is 5.02 Å². The molecule has 0 unspecified atom stereocenters. The van der Waals surface area contributed by atoms with Crippen molar-refractivity contribution in [1.29, 1.82) is 0 Å². The van der Waals surface area contributed by atoms with E-state index in [4.69, 9.17) is 44.8 Å². The second kappa shape index (κ2) is 15.5. The molecule has 0 saturated carbocycles. The summed E-state index contributed by atoms with van der Waals surface area (Å²) in [5, 5.41) is 0.419. The number of halogens is 1. The zero-order valence-electron chi connectivity index (χ0n) is 26.2. The molecule has 2 aliphatic rings. The van der Waals surface area contributed by atoms with E-state index in [1.165, 1.54) is 20.8 Å². The van der Waals surface area contributed by atoms with Gasteiger partial charge in [-0.05, 0) is 48.2 Å². The highest BCUT2D eigenvalue weighted by Crippen LogP contribution is 2.39. The van der Waals surface area contributed by atoms with Crippen LogP contribution in [0.1, 0.15) is 74.2 Å². The minimum Gasteiger partial charge on any atom is -0.487 e. The fourth-order valence-electron chi connectivity index (χ4n) is 5.47. The highest BCUT2D eigenvalue weighted by molar-refractivity contribution is 6.31. The molecular weight excluding hydrogens is 624 g/mol. The van der Waals surface area contributed by atoms with Gasteiger partial charge in [0, 0.05) is 39.1 Å². The number of Topliss-reactive ketones (excluding diaryl/α,β-unsaturated/α-hetero) is 1. The van der Waals surface area contributed by atoms with Crippen molar-refractivity contribution < 1.29 is 57.1 Å². The Morgan fingerprint density at radius 2 is 1.50 bits per heavy atom. The minimum absolute atomic E-state index is 0.128. The van der Waals surface area contributed by atoms with Crippen LogP contribution in [-0.4, -0.2) is 80.0 Å². The second-order valence-corrected chi connectivity index (χ2v) is 11.5. The molecule has 6 atom stereocenters. The Balaban J connectivity index is 1.70. The standard InChI is InChI=1S/C33H37ClO12/c1-17(35)26-13-22(6-9-28(26)45-25-10-11-40-15-25)12-24-14-23(7-8-27(24)34)30-32(43-20(4)38)33(44-21(5)39)31(42-19(3)37)29(46-30)16-41-18(2)36/h6-9,13-14,25,29-33H,10-12,15-16H2,1-5H3/t25-,29+,30-,31+,32-,33-/m0/s1. The second-order valence-electron chi connectivity index (χ2n) is 11.1. The van der Waals surface area contributed by atoms with Gasteiger partial charge >= 0.3 is 23.9 Å². The molecule has 0 aromatic heterocycles. The molecule has 2 saturated heterocycles. The lowest BCUT2D eigenvalue weighted by Gasteiger charge is -2.44. The van der Waals surface area contributed by atoms with E-state index in [1.54, 1.807) is 30.3 Å². The van der Waals surface area contributed by atoms with Gasteiger partial charge in [-0.15, -0.1) is 0 Å². The molecule has 0 aliphatic carbocycles. The molecule has 2 fully saturated rings. The lowest BCUT2D eigenvalue weighted by molar-refractivity contribution is -0.254. The Kier molecular flexibility index (Phi) is 11.8. The van der Waals surface area contributed by atoms with Gasteiger partial charge in [-0.25, -0.2) is 0 Å². The molecule has 2 heterocycles. The number of ketones is 1. The molecule has 12 nitrogen and oxygen atoms in total. The summed E-state index contributed by atoms with van der Waals surface area (Å²) in [6.45, 7) is 6.89. The number of carbonyl (C=O) groups is 5. The van der Waals surface area contributed by atoms with Gasteiger partial charge in [-0.3, -0.25) is 24.0 Å². The summed E-state index contributed by atoms with van der Waals surface area (Å²) >= 11 is 6.63. The molecule has 0 radical (unpaired) electrons. The number of benzene rings is 2. The molecule has 0 spiro atoms. The Hall–Kier alpha value is -4.00. The van der Waals surface area contributed by atoms with E-state index < -0.39 is 54.4 Å². The van der Waals surface area contributed by atoms with Gasteiger partial charge in [0.05, 0.1) is 18.8 Å². The quantitative estimate of drug-likeness (QED) is 0.194. The van der Waals surface area contributed by atoms with Crippen molar-refractivity contribution in [2.24, 2.45) is 0 Å². The van der Waals surface area contributed by atoms with E-state index in [-0.39, 0.29) is 18.5 Å². The highest BCUT2D eigenvalue weighted by Gasteiger charge is 2.52. The number of hydrogen-bond donors (Lipinski definition) is 0. The van der Waals surface area contributed by atoms with Crippen LogP contribution in [0.15, 0.2) is 36.4 Å². The molecular formula is C33H37ClO12. The summed E-state index contributed by atoms with van der Waals surface area (Å²) in [5.41, 5.74) is 2.35. The SMILES string of the molecule is CC(=O)OC[C@H]1O[C@@H](c2ccc(Cl)c(Cc3ccc(O[C@H]4CCOC4)c(C(C)=O)c3)c2)[C@H](OC(C)=O)[C@@H](OC(C)=O)[C@@H]1OC(C)=O. The van der Waals surface area contributed by atoms with Crippen molar-refractivity contribution in [2.75, 3.05) is 19.8 Å². The summed E-state index contributed by atoms with van der Waals surface area (Å²) in [6, 6.07) is 10.4. The third-order valence-electron chi connectivity index (χ3n) is 7.39. The molecule has 46 heavy (non-hydrogen) atoms. The third-order valence-corrected chi connectivity index (χ3v) is 7.76. The maximum atomic E-state index is 12.5. The van der Waals surface area contributed by atoms with Crippen LogP contribution < -0.4 is 4.74 Å². The lowest BCUT2D eigenvalue weighted by Crippen LogP contribution is -2.59. The van der Waals surface area contributed by atoms with E-state index >= 15 is 0 Å². The first-order chi connectivity index (χ1) is 21.8. The van der Waals surface area contributed by atoms with Crippen molar-refractivity contribution in [3.05, 3.63) is 63.7 Å². The molecule has 0 bridgehead atoms. The summed E-state index contributed by atoms with van der Waals surface area (Å²) in [7, 11) is 0. The van der Waals surface area contributed by atoms with E-state index in [9.17, 15) is 24.0 Å². The van der Waals surface area contributed by atoms with Crippen molar-refractivity contribution in [1.82, 2.24) is 0 Å². The maximum absolute atomic E-state index is 12.5. The highest BCUT2D eigenvalue weighted by atomic mass is 35.5. The van der Waals surface area contributed by atoms with Crippen molar-refractivity contribution in [3.8, 4) is 5.75 Å². The van der Waals surface area contributed by atoms with Gasteiger partial charge in [0.1, 0.15) is 30.7 Å². The zero-order chi connectivity index (χ0) is 33.5. The first-order valence-electron chi connectivity index (χ1n) is 14.8. The van der Waals surface area contributed by atoms with Gasteiger partial charge in [0.15, 0.2) is 24.1 Å². The molecule has 2 aliphatic heterocycles. The largest absolute Gasteiger partial charge is 0.487 e. The van der Waals surface area contributed by atoms with E-state index in [0.29, 0.717) is 47.1 Å². The molecule has 13 heteroatoms. The molecule has 248 valence electrons. The smallest absolute Gasteiger partial charge is 0.303 e. The van der Waals surface area contributed by atoms with Crippen molar-refractivity contribution in [3.63, 3.8) is 0 Å². The Morgan fingerprint density at radius 1 is 0.826 bits per heavy atom. The molecule has 4 rings (SSSR count). The van der Waals surface area contributed by atoms with Crippen molar-refractivity contribution in [2.45, 2.75) is 84.1 Å². The summed E-state index contributed by atoms with van der Waals surface area (Å²) in [4.78, 5) is 60.7. The number of hydrogen-bond acceptors (Lipinski definition) is 12. The normalized spacial score (nSPS) is 24.0. The monoisotopic (exact) mass is 660 g/mol. The van der Waals surface area contributed by atoms with Crippen LogP contribution in [0, 0.1) is 0 Å². The predicted molar refractivity (Wildman–Crippen MR) is 161 cm³/mol. The molecule has 2 aromatic rings. The fourth-order valence-corrected chi connectivity index (χ4v) is 5.66. The van der Waals surface area contributed by atoms with E-state index in [2.05, 4.69) is 0 Å². The van der Waals surface area contributed by atoms with Gasteiger partial charge < -0.3 is 33.2 Å². The Morgan fingerprint density at radius 3 is 2.11 bits per heavy atom. The van der Waals surface area contributed by atoms with Gasteiger partial charge in [0.2, 0.25) is 0 Å². The topological polar surface area (TPSA) is 150 Å². The van der Waals surface area contributed by atoms with Crippen LogP contribution in [0.5, 0.6) is 5.75 Å². The molecule has 0 amide bonds. The molecule has 2 aromatic carbocycles. The summed E-state index contributed by atoms with van der Waals surface area (Å²) in [5.74, 6) is -2.44. The fraction of sp³-hybridized carbons (Fsp3) is 0.485. The van der Waals surface area contributed by atoms with Crippen molar-refractivity contribution >= 4 is 41.3 Å². The van der Waals surface area contributed by atoms with Crippen LogP contribution in [0.25, 0.3) is 0 Å². The van der Waals surface area contributed by atoms with Gasteiger partial charge in [0.25, 0.3) is 0 Å². The van der Waals surface area contributed by atoms with Gasteiger partial charge in [-0.2, -0.15) is 0 Å². The van der Waals surface area contributed by atoms with E-state index in [0.717, 1.165) is 25.8 Å². The number of esters is 4. The van der Waals surface area contributed by atoms with Gasteiger partial charge in [-0.1, -0.05) is 29.8 Å². The van der Waals surface area contributed by atoms with Crippen LogP contribution in [0.3, 0.4) is 0 Å². The van der Waals surface area contributed by atoms with Crippen LogP contribution in [0.4, 0.5) is 0 Å². The van der Waals surface area contributed by atoms with Crippen LogP contribution >= 0.6 is 11.6 Å². The summed E-state index contributed by atoms with van der Waals surface area (Å²) in [6.07, 6.45) is -5.07. The average molecular weight is 661 g/mol. The van der Waals surface area contributed by atoms with Crippen LogP contribution in [-0.2, 0) is 54.0 Å². The average Bonchev–Trinajstić information content (AvgIpc) is 3.48. The first kappa shape index (κ1) is 34.9. The summed E-state index contributed by atoms with van der Waals surface area (Å²) < 4.78 is 39.5. The maximum Gasteiger partial charge on any atom is 0.303 e. The first-order valence-corrected chi connectivity index (χ1v) is 15.2. The third kappa shape index (κ3) is 9.05. The zero-order valence-corrected chi connectivity index (χ0v) is 27.0.